The quantitative estimate of drug-likeness (QED) is 0.818. The number of benzene rings is 2. The molecule has 0 atom stereocenters. The summed E-state index contributed by atoms with van der Waals surface area (Å²) in [6.07, 6.45) is 0. The minimum atomic E-state index is 0.0674. The Morgan fingerprint density at radius 1 is 0.947 bits per heavy atom. The fourth-order valence-electron chi connectivity index (χ4n) is 2.18. The van der Waals surface area contributed by atoms with E-state index in [0.29, 0.717) is 5.56 Å². The van der Waals surface area contributed by atoms with Crippen molar-refractivity contribution >= 4 is 17.2 Å². The summed E-state index contributed by atoms with van der Waals surface area (Å²) in [4.78, 5) is 11.5. The molecule has 0 spiro atoms. The normalized spacial score (nSPS) is 10.1. The van der Waals surface area contributed by atoms with Gasteiger partial charge in [0.1, 0.15) is 0 Å². The Hall–Kier alpha value is -2.29. The topological polar surface area (TPSA) is 41.1 Å². The van der Waals surface area contributed by atoms with Gasteiger partial charge in [0.15, 0.2) is 5.78 Å². The molecule has 0 fully saturated rings. The lowest BCUT2D eigenvalue weighted by Gasteiger charge is -2.12. The first kappa shape index (κ1) is 13.1. The molecular formula is C16H18N2O. The first-order chi connectivity index (χ1) is 9.17. The molecule has 2 N–H and O–H groups in total. The molecule has 0 aliphatic rings. The van der Waals surface area contributed by atoms with Crippen LogP contribution in [0.5, 0.6) is 0 Å². The van der Waals surface area contributed by atoms with Gasteiger partial charge in [-0.25, -0.2) is 0 Å². The highest BCUT2D eigenvalue weighted by molar-refractivity contribution is 6.00. The van der Waals surface area contributed by atoms with Crippen molar-refractivity contribution in [2.75, 3.05) is 24.7 Å². The Labute approximate surface area is 113 Å². The van der Waals surface area contributed by atoms with E-state index in [1.54, 1.807) is 6.92 Å². The molecule has 0 aliphatic carbocycles. The summed E-state index contributed by atoms with van der Waals surface area (Å²) in [6, 6.07) is 14.0. The van der Waals surface area contributed by atoms with Gasteiger partial charge in [0.05, 0.1) is 0 Å². The summed E-state index contributed by atoms with van der Waals surface area (Å²) in [6.45, 7) is 1.58. The smallest absolute Gasteiger partial charge is 0.161 e. The fourth-order valence-corrected chi connectivity index (χ4v) is 2.18. The van der Waals surface area contributed by atoms with E-state index in [-0.39, 0.29) is 5.78 Å². The molecular weight excluding hydrogens is 236 g/mol. The average Bonchev–Trinajstić information content (AvgIpc) is 2.46. The van der Waals surface area contributed by atoms with Crippen molar-refractivity contribution in [3.8, 4) is 11.1 Å². The Morgan fingerprint density at radius 3 is 2.26 bits per heavy atom. The molecule has 0 aromatic heterocycles. The third-order valence-electron chi connectivity index (χ3n) is 3.18. The van der Waals surface area contributed by atoms with Crippen molar-refractivity contribution < 1.29 is 4.79 Å². The lowest BCUT2D eigenvalue weighted by Crippen LogP contribution is -2.00. The van der Waals surface area contributed by atoms with E-state index in [4.69, 9.17) is 0 Å². The average molecular weight is 254 g/mol. The third-order valence-corrected chi connectivity index (χ3v) is 3.18. The van der Waals surface area contributed by atoms with Crippen molar-refractivity contribution in [3.05, 3.63) is 48.0 Å². The van der Waals surface area contributed by atoms with Crippen LogP contribution in [0.3, 0.4) is 0 Å². The number of nitrogens with one attached hydrogen (secondary N) is 2. The van der Waals surface area contributed by atoms with E-state index in [9.17, 15) is 4.79 Å². The first-order valence-electron chi connectivity index (χ1n) is 6.27. The Balaban J connectivity index is 2.55. The fraction of sp³-hybridized carbons (Fsp3) is 0.188. The van der Waals surface area contributed by atoms with Gasteiger partial charge < -0.3 is 10.6 Å². The van der Waals surface area contributed by atoms with Crippen LogP contribution in [0.4, 0.5) is 11.4 Å². The Kier molecular flexibility index (Phi) is 3.85. The summed E-state index contributed by atoms with van der Waals surface area (Å²) >= 11 is 0. The van der Waals surface area contributed by atoms with Crippen LogP contribution < -0.4 is 10.6 Å². The van der Waals surface area contributed by atoms with Crippen molar-refractivity contribution in [2.45, 2.75) is 6.92 Å². The lowest BCUT2D eigenvalue weighted by molar-refractivity contribution is 0.101. The number of anilines is 2. The van der Waals surface area contributed by atoms with Crippen molar-refractivity contribution in [1.29, 1.82) is 0 Å². The van der Waals surface area contributed by atoms with E-state index in [0.717, 1.165) is 22.5 Å². The standard InChI is InChI=1S/C16H18N2O/c1-11(19)13-9-8-12(10-16(13)18-3)14-6-4-5-7-15(14)17-2/h4-10,17-18H,1-3H3. The first-order valence-corrected chi connectivity index (χ1v) is 6.27. The second-order valence-corrected chi connectivity index (χ2v) is 4.36. The monoisotopic (exact) mass is 254 g/mol. The van der Waals surface area contributed by atoms with Gasteiger partial charge in [0.2, 0.25) is 0 Å². The number of Topliss-reactive ketones (excluding diaryl/α,β-unsaturated/α-hetero) is 1. The molecule has 3 heteroatoms. The molecule has 0 aliphatic heterocycles. The predicted octanol–water partition coefficient (Wildman–Crippen LogP) is 3.64. The van der Waals surface area contributed by atoms with Crippen LogP contribution in [0.1, 0.15) is 17.3 Å². The minimum Gasteiger partial charge on any atom is -0.388 e. The maximum Gasteiger partial charge on any atom is 0.161 e. The maximum absolute atomic E-state index is 11.5. The third kappa shape index (κ3) is 2.60. The molecule has 0 unspecified atom stereocenters. The van der Waals surface area contributed by atoms with E-state index in [1.165, 1.54) is 0 Å². The van der Waals surface area contributed by atoms with Gasteiger partial charge in [-0.3, -0.25) is 4.79 Å². The molecule has 0 bridgehead atoms. The zero-order valence-corrected chi connectivity index (χ0v) is 11.4. The van der Waals surface area contributed by atoms with E-state index in [1.807, 2.05) is 50.5 Å². The van der Waals surface area contributed by atoms with Gasteiger partial charge in [-0.2, -0.15) is 0 Å². The molecule has 98 valence electrons. The van der Waals surface area contributed by atoms with Gasteiger partial charge >= 0.3 is 0 Å². The second-order valence-electron chi connectivity index (χ2n) is 4.36. The Morgan fingerprint density at radius 2 is 1.63 bits per heavy atom. The molecule has 0 amide bonds. The zero-order valence-electron chi connectivity index (χ0n) is 11.4. The molecule has 0 heterocycles. The predicted molar refractivity (Wildman–Crippen MR) is 81.0 cm³/mol. The summed E-state index contributed by atoms with van der Waals surface area (Å²) in [7, 11) is 3.73. The number of carbonyl (C=O) groups is 1. The number of carbonyl (C=O) groups excluding carboxylic acids is 1. The molecule has 0 saturated heterocycles. The number of hydrogen-bond donors (Lipinski definition) is 2. The van der Waals surface area contributed by atoms with E-state index < -0.39 is 0 Å². The maximum atomic E-state index is 11.5. The largest absolute Gasteiger partial charge is 0.388 e. The summed E-state index contributed by atoms with van der Waals surface area (Å²) in [5.74, 6) is 0.0674. The van der Waals surface area contributed by atoms with Gasteiger partial charge in [-0.1, -0.05) is 24.3 Å². The van der Waals surface area contributed by atoms with Crippen molar-refractivity contribution in [1.82, 2.24) is 0 Å². The number of hydrogen-bond acceptors (Lipinski definition) is 3. The number of rotatable bonds is 4. The van der Waals surface area contributed by atoms with Gasteiger partial charge in [0.25, 0.3) is 0 Å². The van der Waals surface area contributed by atoms with Crippen LogP contribution >= 0.6 is 0 Å². The Bertz CT molecular complexity index is 605. The SMILES string of the molecule is CNc1cc(-c2ccccc2NC)ccc1C(C)=O. The van der Waals surface area contributed by atoms with Crippen LogP contribution in [-0.2, 0) is 0 Å². The minimum absolute atomic E-state index is 0.0674. The molecule has 3 nitrogen and oxygen atoms in total. The van der Waals surface area contributed by atoms with Crippen LogP contribution in [0, 0.1) is 0 Å². The van der Waals surface area contributed by atoms with Crippen molar-refractivity contribution in [2.24, 2.45) is 0 Å². The lowest BCUT2D eigenvalue weighted by atomic mass is 9.99. The van der Waals surface area contributed by atoms with Gasteiger partial charge in [-0.15, -0.1) is 0 Å². The highest BCUT2D eigenvalue weighted by atomic mass is 16.1. The summed E-state index contributed by atoms with van der Waals surface area (Å²) < 4.78 is 0. The van der Waals surface area contributed by atoms with E-state index >= 15 is 0 Å². The molecule has 2 aromatic rings. The highest BCUT2D eigenvalue weighted by Crippen LogP contribution is 2.30. The number of ketones is 1. The second kappa shape index (κ2) is 5.57. The van der Waals surface area contributed by atoms with Gasteiger partial charge in [0, 0.05) is 36.6 Å². The molecule has 0 radical (unpaired) electrons. The summed E-state index contributed by atoms with van der Waals surface area (Å²) in [5.41, 5.74) is 4.85. The van der Waals surface area contributed by atoms with Crippen LogP contribution in [0.15, 0.2) is 42.5 Å². The summed E-state index contributed by atoms with van der Waals surface area (Å²) in [5, 5.41) is 6.26. The van der Waals surface area contributed by atoms with Crippen LogP contribution in [0.25, 0.3) is 11.1 Å². The van der Waals surface area contributed by atoms with Crippen LogP contribution in [0.2, 0.25) is 0 Å². The molecule has 0 saturated carbocycles. The number of para-hydroxylation sites is 1. The molecule has 2 aromatic carbocycles. The highest BCUT2D eigenvalue weighted by Gasteiger charge is 2.09. The van der Waals surface area contributed by atoms with E-state index in [2.05, 4.69) is 16.7 Å². The molecule has 19 heavy (non-hydrogen) atoms. The van der Waals surface area contributed by atoms with Crippen LogP contribution in [-0.4, -0.2) is 19.9 Å². The zero-order chi connectivity index (χ0) is 13.8. The van der Waals surface area contributed by atoms with Crippen molar-refractivity contribution in [3.63, 3.8) is 0 Å². The molecule has 2 rings (SSSR count). The van der Waals surface area contributed by atoms with Gasteiger partial charge in [-0.05, 0) is 30.7 Å².